The van der Waals surface area contributed by atoms with E-state index in [-0.39, 0.29) is 10.1 Å². The van der Waals surface area contributed by atoms with Gasteiger partial charge in [0.15, 0.2) is 11.5 Å². The van der Waals surface area contributed by atoms with Crippen LogP contribution in [0.25, 0.3) is 6.08 Å². The van der Waals surface area contributed by atoms with Gasteiger partial charge in [-0.05, 0) is 60.7 Å². The molecule has 0 atom stereocenters. The van der Waals surface area contributed by atoms with Gasteiger partial charge in [0.1, 0.15) is 0 Å². The van der Waals surface area contributed by atoms with E-state index in [0.717, 1.165) is 16.7 Å². The van der Waals surface area contributed by atoms with Crippen LogP contribution < -0.4 is 14.4 Å². The summed E-state index contributed by atoms with van der Waals surface area (Å²) >= 11 is 13.0. The van der Waals surface area contributed by atoms with Crippen LogP contribution in [0.5, 0.6) is 11.5 Å². The van der Waals surface area contributed by atoms with Crippen LogP contribution in [-0.4, -0.2) is 24.9 Å². The number of imide groups is 1. The summed E-state index contributed by atoms with van der Waals surface area (Å²) in [6, 6.07) is 9.78. The molecule has 0 aromatic heterocycles. The highest BCUT2D eigenvalue weighted by Gasteiger charge is 2.36. The second kappa shape index (κ2) is 8.25. The maximum atomic E-state index is 12.7. The molecule has 0 radical (unpaired) electrons. The Morgan fingerprint density at radius 1 is 1.11 bits per heavy atom. The Labute approximate surface area is 170 Å². The summed E-state index contributed by atoms with van der Waals surface area (Å²) in [4.78, 5) is 26.4. The SMILES string of the molecule is CCOc1cc(/C=C2/SC(=O)N(c3ccc(Cl)cc3)C2=O)c(Cl)cc1OC. The van der Waals surface area contributed by atoms with Crippen LogP contribution >= 0.6 is 35.0 Å². The highest BCUT2D eigenvalue weighted by atomic mass is 35.5. The smallest absolute Gasteiger partial charge is 0.298 e. The number of benzene rings is 2. The first-order chi connectivity index (χ1) is 12.9. The van der Waals surface area contributed by atoms with Crippen molar-refractivity contribution >= 4 is 57.9 Å². The Morgan fingerprint density at radius 3 is 2.44 bits per heavy atom. The standard InChI is InChI=1S/C19H15Cl2NO4S/c1-3-26-16-8-11(14(21)10-15(16)25-2)9-17-18(23)22(19(24)27-17)13-6-4-12(20)5-7-13/h4-10H,3H2,1-2H3/b17-9+. The molecule has 1 aliphatic heterocycles. The lowest BCUT2D eigenvalue weighted by molar-refractivity contribution is -0.113. The molecule has 0 bridgehead atoms. The quantitative estimate of drug-likeness (QED) is 0.582. The number of anilines is 1. The third-order valence-corrected chi connectivity index (χ3v) is 5.20. The summed E-state index contributed by atoms with van der Waals surface area (Å²) in [5.41, 5.74) is 1.02. The molecule has 0 saturated carbocycles. The Morgan fingerprint density at radius 2 is 1.81 bits per heavy atom. The van der Waals surface area contributed by atoms with Gasteiger partial charge in [-0.1, -0.05) is 23.2 Å². The maximum Gasteiger partial charge on any atom is 0.298 e. The number of halogens is 2. The minimum Gasteiger partial charge on any atom is -0.493 e. The molecule has 27 heavy (non-hydrogen) atoms. The zero-order valence-corrected chi connectivity index (χ0v) is 16.8. The molecular weight excluding hydrogens is 409 g/mol. The number of nitrogens with zero attached hydrogens (tertiary/aromatic N) is 1. The van der Waals surface area contributed by atoms with Gasteiger partial charge in [0.2, 0.25) is 0 Å². The fraction of sp³-hybridized carbons (Fsp3) is 0.158. The molecule has 2 amide bonds. The summed E-state index contributed by atoms with van der Waals surface area (Å²) in [6.07, 6.45) is 1.57. The number of hydrogen-bond acceptors (Lipinski definition) is 5. The first kappa shape index (κ1) is 19.6. The van der Waals surface area contributed by atoms with E-state index in [1.165, 1.54) is 7.11 Å². The van der Waals surface area contributed by atoms with Gasteiger partial charge >= 0.3 is 0 Å². The summed E-state index contributed by atoms with van der Waals surface area (Å²) in [6.45, 7) is 2.30. The summed E-state index contributed by atoms with van der Waals surface area (Å²) in [5.74, 6) is 0.581. The highest BCUT2D eigenvalue weighted by Crippen LogP contribution is 2.39. The molecule has 1 saturated heterocycles. The van der Waals surface area contributed by atoms with Crippen LogP contribution in [0.1, 0.15) is 12.5 Å². The molecule has 5 nitrogen and oxygen atoms in total. The maximum absolute atomic E-state index is 12.7. The summed E-state index contributed by atoms with van der Waals surface area (Å²) < 4.78 is 10.8. The Balaban J connectivity index is 1.96. The number of ether oxygens (including phenoxy) is 2. The Kier molecular flexibility index (Phi) is 5.99. The summed E-state index contributed by atoms with van der Waals surface area (Å²) in [5, 5.41) is 0.520. The molecule has 3 rings (SSSR count). The van der Waals surface area contributed by atoms with E-state index in [2.05, 4.69) is 0 Å². The van der Waals surface area contributed by atoms with E-state index in [1.807, 2.05) is 6.92 Å². The molecular formula is C19H15Cl2NO4S. The van der Waals surface area contributed by atoms with Crippen molar-refractivity contribution in [2.75, 3.05) is 18.6 Å². The van der Waals surface area contributed by atoms with Crippen molar-refractivity contribution in [2.45, 2.75) is 6.92 Å². The van der Waals surface area contributed by atoms with E-state index in [4.69, 9.17) is 32.7 Å². The fourth-order valence-corrected chi connectivity index (χ4v) is 3.68. The fourth-order valence-electron chi connectivity index (χ4n) is 2.51. The molecule has 1 fully saturated rings. The Bertz CT molecular complexity index is 928. The molecule has 0 aliphatic carbocycles. The molecule has 140 valence electrons. The molecule has 8 heteroatoms. The number of carbonyl (C=O) groups is 2. The molecule has 0 unspecified atom stereocenters. The number of rotatable bonds is 5. The molecule has 1 aliphatic rings. The average molecular weight is 424 g/mol. The lowest BCUT2D eigenvalue weighted by Crippen LogP contribution is -2.27. The van der Waals surface area contributed by atoms with Gasteiger partial charge in [0.05, 0.1) is 29.3 Å². The van der Waals surface area contributed by atoms with Crippen molar-refractivity contribution in [2.24, 2.45) is 0 Å². The molecule has 0 N–H and O–H groups in total. The monoisotopic (exact) mass is 423 g/mol. The highest BCUT2D eigenvalue weighted by molar-refractivity contribution is 8.19. The van der Waals surface area contributed by atoms with Gasteiger partial charge in [0, 0.05) is 11.1 Å². The second-order valence-corrected chi connectivity index (χ2v) is 7.29. The first-order valence-electron chi connectivity index (χ1n) is 7.98. The average Bonchev–Trinajstić information content (AvgIpc) is 2.92. The Hall–Kier alpha value is -2.15. The topological polar surface area (TPSA) is 55.8 Å². The van der Waals surface area contributed by atoms with Crippen LogP contribution in [-0.2, 0) is 4.79 Å². The third-order valence-electron chi connectivity index (χ3n) is 3.75. The third kappa shape index (κ3) is 4.08. The van der Waals surface area contributed by atoms with E-state index >= 15 is 0 Å². The van der Waals surface area contributed by atoms with Gasteiger partial charge in [0.25, 0.3) is 11.1 Å². The second-order valence-electron chi connectivity index (χ2n) is 5.45. The van der Waals surface area contributed by atoms with Crippen molar-refractivity contribution in [3.05, 3.63) is 56.9 Å². The van der Waals surface area contributed by atoms with Gasteiger partial charge in [-0.25, -0.2) is 4.90 Å². The zero-order valence-electron chi connectivity index (χ0n) is 14.5. The van der Waals surface area contributed by atoms with Crippen molar-refractivity contribution in [1.29, 1.82) is 0 Å². The number of thioether (sulfide) groups is 1. The van der Waals surface area contributed by atoms with E-state index in [1.54, 1.807) is 42.5 Å². The van der Waals surface area contributed by atoms with Crippen molar-refractivity contribution in [3.63, 3.8) is 0 Å². The molecule has 2 aromatic rings. The minimum absolute atomic E-state index is 0.268. The summed E-state index contributed by atoms with van der Waals surface area (Å²) in [7, 11) is 1.52. The first-order valence-corrected chi connectivity index (χ1v) is 9.55. The predicted octanol–water partition coefficient (Wildman–Crippen LogP) is 5.64. The lowest BCUT2D eigenvalue weighted by atomic mass is 10.1. The minimum atomic E-state index is -0.419. The van der Waals surface area contributed by atoms with Crippen molar-refractivity contribution < 1.29 is 19.1 Å². The van der Waals surface area contributed by atoms with E-state index in [0.29, 0.717) is 39.4 Å². The van der Waals surface area contributed by atoms with Crippen LogP contribution in [0.3, 0.4) is 0 Å². The van der Waals surface area contributed by atoms with Gasteiger partial charge < -0.3 is 9.47 Å². The van der Waals surface area contributed by atoms with Crippen molar-refractivity contribution in [3.8, 4) is 11.5 Å². The van der Waals surface area contributed by atoms with Crippen LogP contribution in [0.15, 0.2) is 41.3 Å². The van der Waals surface area contributed by atoms with Crippen LogP contribution in [0, 0.1) is 0 Å². The number of hydrogen-bond donors (Lipinski definition) is 0. The van der Waals surface area contributed by atoms with Crippen LogP contribution in [0.2, 0.25) is 10.0 Å². The van der Waals surface area contributed by atoms with E-state index in [9.17, 15) is 9.59 Å². The van der Waals surface area contributed by atoms with E-state index < -0.39 is 5.91 Å². The zero-order chi connectivity index (χ0) is 19.6. The number of methoxy groups -OCH3 is 1. The molecule has 2 aromatic carbocycles. The largest absolute Gasteiger partial charge is 0.493 e. The van der Waals surface area contributed by atoms with Gasteiger partial charge in [-0.15, -0.1) is 0 Å². The lowest BCUT2D eigenvalue weighted by Gasteiger charge is -2.12. The van der Waals surface area contributed by atoms with Crippen LogP contribution in [0.4, 0.5) is 10.5 Å². The molecule has 1 heterocycles. The van der Waals surface area contributed by atoms with Crippen molar-refractivity contribution in [1.82, 2.24) is 0 Å². The normalized spacial score (nSPS) is 15.6. The predicted molar refractivity (Wildman–Crippen MR) is 109 cm³/mol. The molecule has 0 spiro atoms. The number of amides is 2. The van der Waals surface area contributed by atoms with Gasteiger partial charge in [-0.3, -0.25) is 9.59 Å². The number of carbonyl (C=O) groups excluding carboxylic acids is 2. The van der Waals surface area contributed by atoms with Gasteiger partial charge in [-0.2, -0.15) is 0 Å².